The molecular formula is C27H22N8O6. The van der Waals surface area contributed by atoms with Gasteiger partial charge < -0.3 is 19.8 Å². The molecule has 206 valence electrons. The standard InChI is InChI=1S/C14H12N4O3.C13H10N4O3/c1-17-6-12(15-7-17)10-5-14(10)9-4-8(18(20)21)2-3-11(9)16-13(14)19;1-16-6-8(14-7-16)4-11-10-5-9(17(19)20)2-3-12(10)15-13(11)18/h2-4,6-7,10H,5H2,1H3,(H,16,19);2-7H,1H3,(H,15,18)/b;11-4-. The number of hydrogen-bond donors (Lipinski definition) is 2. The lowest BCUT2D eigenvalue weighted by molar-refractivity contribution is -0.385. The number of amides is 2. The van der Waals surface area contributed by atoms with Crippen molar-refractivity contribution >= 4 is 46.2 Å². The molecule has 3 aliphatic rings. The lowest BCUT2D eigenvalue weighted by atomic mass is 9.93. The molecule has 2 aromatic heterocycles. The van der Waals surface area contributed by atoms with E-state index in [0.29, 0.717) is 34.6 Å². The smallest absolute Gasteiger partial charge is 0.270 e. The minimum Gasteiger partial charge on any atom is -0.340 e. The number of anilines is 2. The number of nitrogens with one attached hydrogen (secondary N) is 2. The van der Waals surface area contributed by atoms with Gasteiger partial charge in [-0.15, -0.1) is 0 Å². The van der Waals surface area contributed by atoms with Crippen molar-refractivity contribution in [1.29, 1.82) is 0 Å². The molecule has 0 bridgehead atoms. The maximum Gasteiger partial charge on any atom is 0.270 e. The van der Waals surface area contributed by atoms with Crippen LogP contribution in [0.5, 0.6) is 0 Å². The van der Waals surface area contributed by atoms with Gasteiger partial charge in [0.25, 0.3) is 17.3 Å². The summed E-state index contributed by atoms with van der Waals surface area (Å²) in [5.74, 6) is -0.387. The SMILES string of the molecule is Cn1cnc(/C=C2\C(=O)Nc3ccc([N+](=O)[O-])cc32)c1.Cn1cnc(C2CC23C(=O)Nc2ccc([N+](=O)[O-])cc23)c1. The molecule has 1 aliphatic carbocycles. The Morgan fingerprint density at radius 3 is 2.22 bits per heavy atom. The van der Waals surface area contributed by atoms with Gasteiger partial charge >= 0.3 is 0 Å². The zero-order valence-electron chi connectivity index (χ0n) is 21.8. The highest BCUT2D eigenvalue weighted by molar-refractivity contribution is 6.35. The van der Waals surface area contributed by atoms with Gasteiger partial charge in [0, 0.05) is 73.6 Å². The van der Waals surface area contributed by atoms with Crippen LogP contribution in [-0.2, 0) is 29.1 Å². The topological polar surface area (TPSA) is 180 Å². The van der Waals surface area contributed by atoms with Crippen molar-refractivity contribution in [3.63, 3.8) is 0 Å². The summed E-state index contributed by atoms with van der Waals surface area (Å²) in [5, 5.41) is 27.3. The zero-order chi connectivity index (χ0) is 29.1. The van der Waals surface area contributed by atoms with Crippen LogP contribution in [0.4, 0.5) is 22.7 Å². The second-order valence-corrected chi connectivity index (χ2v) is 10.1. The Morgan fingerprint density at radius 2 is 1.59 bits per heavy atom. The minimum absolute atomic E-state index is 0.0105. The van der Waals surface area contributed by atoms with E-state index < -0.39 is 15.3 Å². The summed E-state index contributed by atoms with van der Waals surface area (Å²) < 4.78 is 3.59. The molecule has 14 heteroatoms. The molecule has 14 nitrogen and oxygen atoms in total. The summed E-state index contributed by atoms with van der Waals surface area (Å²) in [6, 6.07) is 8.82. The van der Waals surface area contributed by atoms with Crippen molar-refractivity contribution in [3.05, 3.63) is 104 Å². The van der Waals surface area contributed by atoms with E-state index in [1.807, 2.05) is 24.9 Å². The van der Waals surface area contributed by atoms with Gasteiger partial charge in [-0.05, 0) is 30.2 Å². The molecule has 7 rings (SSSR count). The predicted molar refractivity (Wildman–Crippen MR) is 147 cm³/mol. The Balaban J connectivity index is 0.000000148. The van der Waals surface area contributed by atoms with Crippen molar-refractivity contribution in [2.24, 2.45) is 14.1 Å². The van der Waals surface area contributed by atoms with Gasteiger partial charge in [-0.25, -0.2) is 9.97 Å². The molecule has 2 unspecified atom stereocenters. The van der Waals surface area contributed by atoms with Gasteiger partial charge in [-0.3, -0.25) is 29.8 Å². The molecule has 4 aromatic rings. The molecule has 2 aromatic carbocycles. The van der Waals surface area contributed by atoms with Gasteiger partial charge in [0.1, 0.15) is 0 Å². The van der Waals surface area contributed by atoms with E-state index in [-0.39, 0.29) is 29.1 Å². The average molecular weight is 555 g/mol. The zero-order valence-corrected chi connectivity index (χ0v) is 21.8. The summed E-state index contributed by atoms with van der Waals surface area (Å²) in [4.78, 5) is 53.6. The van der Waals surface area contributed by atoms with E-state index >= 15 is 0 Å². The Bertz CT molecular complexity index is 1820. The first-order chi connectivity index (χ1) is 19.6. The number of rotatable bonds is 4. The number of hydrogen-bond acceptors (Lipinski definition) is 8. The lowest BCUT2D eigenvalue weighted by Crippen LogP contribution is -2.21. The summed E-state index contributed by atoms with van der Waals surface area (Å²) in [7, 11) is 3.70. The number of nitro groups is 2. The number of carbonyl (C=O) groups excluding carboxylic acids is 2. The van der Waals surface area contributed by atoms with Crippen molar-refractivity contribution in [2.45, 2.75) is 17.8 Å². The average Bonchev–Trinajstić information content (AvgIpc) is 3.17. The largest absolute Gasteiger partial charge is 0.340 e. The van der Waals surface area contributed by atoms with Crippen LogP contribution in [-0.4, -0.2) is 40.8 Å². The summed E-state index contributed by atoms with van der Waals surface area (Å²) in [5.41, 5.74) is 3.62. The van der Waals surface area contributed by atoms with Crippen LogP contribution in [0.1, 0.15) is 34.9 Å². The maximum absolute atomic E-state index is 12.4. The third-order valence-corrected chi connectivity index (χ3v) is 7.40. The van der Waals surface area contributed by atoms with E-state index in [1.54, 1.807) is 35.6 Å². The molecular weight excluding hydrogens is 532 g/mol. The number of nitrogens with zero attached hydrogens (tertiary/aromatic N) is 6. The van der Waals surface area contributed by atoms with E-state index in [4.69, 9.17) is 0 Å². The molecule has 1 spiro atoms. The molecule has 4 heterocycles. The summed E-state index contributed by atoms with van der Waals surface area (Å²) in [6.07, 6.45) is 9.22. The van der Waals surface area contributed by atoms with E-state index in [1.165, 1.54) is 30.3 Å². The highest BCUT2D eigenvalue weighted by Gasteiger charge is 2.66. The Kier molecular flexibility index (Phi) is 5.76. The first-order valence-electron chi connectivity index (χ1n) is 12.4. The quantitative estimate of drug-likeness (QED) is 0.218. The fourth-order valence-corrected chi connectivity index (χ4v) is 5.35. The second-order valence-electron chi connectivity index (χ2n) is 10.1. The van der Waals surface area contributed by atoms with E-state index in [9.17, 15) is 29.8 Å². The number of benzene rings is 2. The summed E-state index contributed by atoms with van der Waals surface area (Å²) in [6.45, 7) is 0. The lowest BCUT2D eigenvalue weighted by Gasteiger charge is -2.06. The predicted octanol–water partition coefficient (Wildman–Crippen LogP) is 3.53. The van der Waals surface area contributed by atoms with Gasteiger partial charge in [-0.1, -0.05) is 0 Å². The van der Waals surface area contributed by atoms with Crippen LogP contribution in [0.25, 0.3) is 11.6 Å². The summed E-state index contributed by atoms with van der Waals surface area (Å²) >= 11 is 0. The van der Waals surface area contributed by atoms with Gasteiger partial charge in [-0.2, -0.15) is 0 Å². The number of aromatic nitrogens is 4. The number of carbonyl (C=O) groups is 2. The van der Waals surface area contributed by atoms with Crippen molar-refractivity contribution in [2.75, 3.05) is 10.6 Å². The van der Waals surface area contributed by atoms with E-state index in [2.05, 4.69) is 20.6 Å². The number of non-ortho nitro benzene ring substituents is 2. The third-order valence-electron chi connectivity index (χ3n) is 7.40. The van der Waals surface area contributed by atoms with Crippen LogP contribution in [0.15, 0.2) is 61.4 Å². The Morgan fingerprint density at radius 1 is 0.927 bits per heavy atom. The van der Waals surface area contributed by atoms with Crippen LogP contribution in [0, 0.1) is 20.2 Å². The third kappa shape index (κ3) is 4.30. The van der Waals surface area contributed by atoms with Crippen LogP contribution in [0.2, 0.25) is 0 Å². The van der Waals surface area contributed by atoms with Crippen molar-refractivity contribution < 1.29 is 19.4 Å². The number of fused-ring (bicyclic) bond motifs is 3. The van der Waals surface area contributed by atoms with Gasteiger partial charge in [0.2, 0.25) is 5.91 Å². The second kappa shape index (κ2) is 9.22. The van der Waals surface area contributed by atoms with Crippen LogP contribution >= 0.6 is 0 Å². The highest BCUT2D eigenvalue weighted by Crippen LogP contribution is 2.64. The molecule has 41 heavy (non-hydrogen) atoms. The van der Waals surface area contributed by atoms with Gasteiger partial charge in [0.05, 0.1) is 44.9 Å². The van der Waals surface area contributed by atoms with Crippen molar-refractivity contribution in [3.8, 4) is 0 Å². The molecule has 2 amide bonds. The maximum atomic E-state index is 12.4. The van der Waals surface area contributed by atoms with Crippen molar-refractivity contribution in [1.82, 2.24) is 19.1 Å². The highest BCUT2D eigenvalue weighted by atomic mass is 16.6. The normalized spacial score (nSPS) is 20.6. The Labute approximate surface area is 231 Å². The number of aryl methyl sites for hydroxylation is 2. The molecule has 0 radical (unpaired) electrons. The molecule has 2 N–H and O–H groups in total. The first-order valence-corrected chi connectivity index (χ1v) is 12.4. The molecule has 1 saturated carbocycles. The molecule has 2 atom stereocenters. The van der Waals surface area contributed by atoms with Crippen LogP contribution in [0.3, 0.4) is 0 Å². The molecule has 0 saturated heterocycles. The van der Waals surface area contributed by atoms with Gasteiger partial charge in [0.15, 0.2) is 0 Å². The Hall–Kier alpha value is -5.66. The minimum atomic E-state index is -0.685. The number of nitro benzene ring substituents is 2. The molecule has 1 fully saturated rings. The fraction of sp³-hybridized carbons (Fsp3) is 0.185. The number of imidazole rings is 2. The monoisotopic (exact) mass is 554 g/mol. The fourth-order valence-electron chi connectivity index (χ4n) is 5.35. The van der Waals surface area contributed by atoms with Crippen LogP contribution < -0.4 is 10.6 Å². The molecule has 2 aliphatic heterocycles. The first kappa shape index (κ1) is 25.6. The van der Waals surface area contributed by atoms with E-state index in [0.717, 1.165) is 11.3 Å².